The summed E-state index contributed by atoms with van der Waals surface area (Å²) in [6.07, 6.45) is 0. The maximum atomic E-state index is 12.0. The summed E-state index contributed by atoms with van der Waals surface area (Å²) in [5.74, 6) is -3.53. The van der Waals surface area contributed by atoms with Crippen LogP contribution in [0.15, 0.2) is 0 Å². The Bertz CT molecular complexity index is 344. The van der Waals surface area contributed by atoms with Crippen LogP contribution in [-0.4, -0.2) is 50.3 Å². The quantitative estimate of drug-likeness (QED) is 0.500. The second-order valence-electron chi connectivity index (χ2n) is 4.20. The number of hydrogen-bond acceptors (Lipinski definition) is 6. The van der Waals surface area contributed by atoms with E-state index >= 15 is 0 Å². The Morgan fingerprint density at radius 2 is 1.40 bits per heavy atom. The van der Waals surface area contributed by atoms with Crippen molar-refractivity contribution in [1.82, 2.24) is 5.32 Å². The van der Waals surface area contributed by atoms with Crippen LogP contribution in [0.25, 0.3) is 0 Å². The zero-order valence-corrected chi connectivity index (χ0v) is 12.0. The standard InChI is InChI=1S/C13H20NO6/c1-4-18-11(15)8-7-14-10(13(17)20-6-3)9(8)12(16)19-5-2/h8-10H,4-7H2,1-3H3. The van der Waals surface area contributed by atoms with Crippen molar-refractivity contribution in [1.29, 1.82) is 0 Å². The van der Waals surface area contributed by atoms with Crippen molar-refractivity contribution in [2.45, 2.75) is 26.8 Å². The van der Waals surface area contributed by atoms with E-state index in [1.165, 1.54) is 0 Å². The normalized spacial score (nSPS) is 25.1. The zero-order chi connectivity index (χ0) is 15.1. The number of hydrogen-bond donors (Lipinski definition) is 0. The van der Waals surface area contributed by atoms with Crippen LogP contribution >= 0.6 is 0 Å². The summed E-state index contributed by atoms with van der Waals surface area (Å²) >= 11 is 0. The molecular formula is C13H20NO6. The van der Waals surface area contributed by atoms with Gasteiger partial charge in [-0.25, -0.2) is 5.32 Å². The number of ether oxygens (including phenoxy) is 3. The Labute approximate surface area is 117 Å². The molecule has 0 spiro atoms. The number of nitrogens with zero attached hydrogens (tertiary/aromatic N) is 1. The monoisotopic (exact) mass is 286 g/mol. The van der Waals surface area contributed by atoms with E-state index in [9.17, 15) is 14.4 Å². The smallest absolute Gasteiger partial charge is 0.325 e. The summed E-state index contributed by atoms with van der Waals surface area (Å²) in [4.78, 5) is 35.6. The molecule has 1 heterocycles. The molecule has 0 aromatic rings. The van der Waals surface area contributed by atoms with E-state index in [0.29, 0.717) is 0 Å². The Morgan fingerprint density at radius 1 is 0.900 bits per heavy atom. The molecule has 1 aliphatic rings. The second kappa shape index (κ2) is 7.84. The van der Waals surface area contributed by atoms with Crippen LogP contribution in [0.3, 0.4) is 0 Å². The van der Waals surface area contributed by atoms with E-state index in [0.717, 1.165) is 0 Å². The Hall–Kier alpha value is -1.63. The van der Waals surface area contributed by atoms with E-state index in [1.807, 2.05) is 0 Å². The fraction of sp³-hybridized carbons (Fsp3) is 0.769. The highest BCUT2D eigenvalue weighted by Crippen LogP contribution is 2.27. The molecule has 0 amide bonds. The van der Waals surface area contributed by atoms with Gasteiger partial charge in [-0.1, -0.05) is 0 Å². The summed E-state index contributed by atoms with van der Waals surface area (Å²) in [5, 5.41) is 4.05. The Morgan fingerprint density at radius 3 is 1.95 bits per heavy atom. The molecule has 1 aliphatic heterocycles. The van der Waals surface area contributed by atoms with Gasteiger partial charge in [-0.05, 0) is 20.8 Å². The predicted octanol–water partition coefficient (Wildman–Crippen LogP) is -0.105. The largest absolute Gasteiger partial charge is 0.466 e. The van der Waals surface area contributed by atoms with Gasteiger partial charge in [0.05, 0.1) is 31.7 Å². The molecule has 113 valence electrons. The minimum Gasteiger partial charge on any atom is -0.466 e. The molecule has 7 heteroatoms. The molecule has 7 nitrogen and oxygen atoms in total. The Kier molecular flexibility index (Phi) is 6.44. The van der Waals surface area contributed by atoms with Gasteiger partial charge in [0.2, 0.25) is 0 Å². The average molecular weight is 286 g/mol. The van der Waals surface area contributed by atoms with E-state index in [1.54, 1.807) is 20.8 Å². The lowest BCUT2D eigenvalue weighted by Gasteiger charge is -2.19. The first-order valence-corrected chi connectivity index (χ1v) is 6.73. The molecule has 3 unspecified atom stereocenters. The minimum absolute atomic E-state index is 0.0613. The highest BCUT2D eigenvalue weighted by atomic mass is 16.5. The van der Waals surface area contributed by atoms with Crippen molar-refractivity contribution in [3.8, 4) is 0 Å². The van der Waals surface area contributed by atoms with Crippen LogP contribution in [0.1, 0.15) is 20.8 Å². The summed E-state index contributed by atoms with van der Waals surface area (Å²) in [6, 6.07) is -0.997. The maximum Gasteiger partial charge on any atom is 0.325 e. The molecule has 20 heavy (non-hydrogen) atoms. The molecule has 3 atom stereocenters. The molecule has 0 saturated carbocycles. The third kappa shape index (κ3) is 3.69. The summed E-state index contributed by atoms with van der Waals surface area (Å²) < 4.78 is 14.7. The second-order valence-corrected chi connectivity index (χ2v) is 4.20. The maximum absolute atomic E-state index is 12.0. The lowest BCUT2D eigenvalue weighted by Crippen LogP contribution is -2.41. The first kappa shape index (κ1) is 16.4. The van der Waals surface area contributed by atoms with Gasteiger partial charge >= 0.3 is 17.9 Å². The molecule has 1 rings (SSSR count). The van der Waals surface area contributed by atoms with Crippen LogP contribution in [-0.2, 0) is 28.6 Å². The number of rotatable bonds is 6. The molecule has 0 aromatic heterocycles. The molecule has 0 aliphatic carbocycles. The molecule has 1 fully saturated rings. The first-order chi connectivity index (χ1) is 9.56. The van der Waals surface area contributed by atoms with Gasteiger partial charge in [0.1, 0.15) is 6.04 Å². The van der Waals surface area contributed by atoms with Crippen LogP contribution < -0.4 is 5.32 Å². The van der Waals surface area contributed by atoms with Crippen molar-refractivity contribution in [3.63, 3.8) is 0 Å². The lowest BCUT2D eigenvalue weighted by molar-refractivity contribution is -0.162. The van der Waals surface area contributed by atoms with Gasteiger partial charge in [0.15, 0.2) is 0 Å². The highest BCUT2D eigenvalue weighted by Gasteiger charge is 2.51. The summed E-state index contributed by atoms with van der Waals surface area (Å²) in [7, 11) is 0. The van der Waals surface area contributed by atoms with Gasteiger partial charge in [0.25, 0.3) is 0 Å². The van der Waals surface area contributed by atoms with Crippen molar-refractivity contribution >= 4 is 17.9 Å². The van der Waals surface area contributed by atoms with E-state index < -0.39 is 35.8 Å². The van der Waals surface area contributed by atoms with Gasteiger partial charge in [-0.15, -0.1) is 0 Å². The highest BCUT2D eigenvalue weighted by molar-refractivity contribution is 5.90. The van der Waals surface area contributed by atoms with Crippen molar-refractivity contribution in [3.05, 3.63) is 0 Å². The zero-order valence-electron chi connectivity index (χ0n) is 12.0. The van der Waals surface area contributed by atoms with Crippen LogP contribution in [0.4, 0.5) is 0 Å². The SMILES string of the molecule is CCOC(=O)C1C[N]C(C(=O)OCC)C1C(=O)OCC. The topological polar surface area (TPSA) is 93.0 Å². The molecule has 1 saturated heterocycles. The van der Waals surface area contributed by atoms with Gasteiger partial charge in [-0.3, -0.25) is 14.4 Å². The fourth-order valence-electron chi connectivity index (χ4n) is 2.13. The van der Waals surface area contributed by atoms with Crippen molar-refractivity contribution in [2.24, 2.45) is 11.8 Å². The number of esters is 3. The van der Waals surface area contributed by atoms with Crippen LogP contribution in [0.2, 0.25) is 0 Å². The predicted molar refractivity (Wildman–Crippen MR) is 67.7 cm³/mol. The van der Waals surface area contributed by atoms with Crippen molar-refractivity contribution < 1.29 is 28.6 Å². The van der Waals surface area contributed by atoms with E-state index in [4.69, 9.17) is 14.2 Å². The van der Waals surface area contributed by atoms with Gasteiger partial charge in [-0.2, -0.15) is 0 Å². The van der Waals surface area contributed by atoms with Gasteiger partial charge < -0.3 is 14.2 Å². The first-order valence-electron chi connectivity index (χ1n) is 6.73. The van der Waals surface area contributed by atoms with Crippen molar-refractivity contribution in [2.75, 3.05) is 26.4 Å². The third-order valence-electron chi connectivity index (χ3n) is 2.95. The van der Waals surface area contributed by atoms with Gasteiger partial charge in [0, 0.05) is 6.54 Å². The lowest BCUT2D eigenvalue weighted by atomic mass is 9.90. The molecular weight excluding hydrogens is 266 g/mol. The van der Waals surface area contributed by atoms with Crippen LogP contribution in [0.5, 0.6) is 0 Å². The average Bonchev–Trinajstić information content (AvgIpc) is 2.84. The molecule has 0 aromatic carbocycles. The third-order valence-corrected chi connectivity index (χ3v) is 2.95. The summed E-state index contributed by atoms with van der Waals surface area (Å²) in [6.45, 7) is 5.61. The fourth-order valence-corrected chi connectivity index (χ4v) is 2.13. The Balaban J connectivity index is 2.89. The molecule has 0 bridgehead atoms. The van der Waals surface area contributed by atoms with E-state index in [2.05, 4.69) is 5.32 Å². The number of carbonyl (C=O) groups is 3. The minimum atomic E-state index is -0.997. The number of carbonyl (C=O) groups excluding carboxylic acids is 3. The van der Waals surface area contributed by atoms with E-state index in [-0.39, 0.29) is 26.4 Å². The molecule has 0 N–H and O–H groups in total. The van der Waals surface area contributed by atoms with Crippen LogP contribution in [0, 0.1) is 11.8 Å². The molecule has 1 radical (unpaired) electrons. The summed E-state index contributed by atoms with van der Waals surface area (Å²) in [5.41, 5.74) is 0.